The second-order valence-corrected chi connectivity index (χ2v) is 13.0. The topological polar surface area (TPSA) is 36.4 Å². The maximum atomic E-state index is 13.8. The van der Waals surface area contributed by atoms with Gasteiger partial charge in [0.1, 0.15) is 5.82 Å². The van der Waals surface area contributed by atoms with Gasteiger partial charge >= 0.3 is 0 Å². The van der Waals surface area contributed by atoms with E-state index in [-0.39, 0.29) is 17.1 Å². The SMILES string of the molecule is Cc1cc(C(=O)N2CC3(CCN(C/C=C/c4ccc(Cl)cc4Cl)CC3)c3cc(Sc4ccc(F)cc4)ccc32)ccn1. The van der Waals surface area contributed by atoms with Gasteiger partial charge in [-0.3, -0.25) is 14.7 Å². The molecule has 2 aliphatic rings. The second-order valence-electron chi connectivity index (χ2n) is 11.0. The summed E-state index contributed by atoms with van der Waals surface area (Å²) in [7, 11) is 0. The van der Waals surface area contributed by atoms with Gasteiger partial charge in [0.15, 0.2) is 0 Å². The minimum Gasteiger partial charge on any atom is -0.307 e. The number of fused-ring (bicyclic) bond motifs is 2. The lowest BCUT2D eigenvalue weighted by molar-refractivity contribution is 0.0977. The first kappa shape index (κ1) is 28.9. The summed E-state index contributed by atoms with van der Waals surface area (Å²) in [5.41, 5.74) is 4.49. The number of aryl methyl sites for hydroxylation is 1. The summed E-state index contributed by atoms with van der Waals surface area (Å²) in [6, 6.07) is 22.1. The van der Waals surface area contributed by atoms with Crippen molar-refractivity contribution in [2.45, 2.75) is 35.0 Å². The van der Waals surface area contributed by atoms with E-state index in [1.165, 1.54) is 17.7 Å². The average Bonchev–Trinajstić information content (AvgIpc) is 3.29. The summed E-state index contributed by atoms with van der Waals surface area (Å²) in [6.07, 6.45) is 7.78. The summed E-state index contributed by atoms with van der Waals surface area (Å²) in [5, 5.41) is 1.27. The first-order valence-corrected chi connectivity index (χ1v) is 15.5. The van der Waals surface area contributed by atoms with E-state index < -0.39 is 0 Å². The summed E-state index contributed by atoms with van der Waals surface area (Å²) in [4.78, 5) is 24.5. The van der Waals surface area contributed by atoms with E-state index in [2.05, 4.69) is 34.2 Å². The van der Waals surface area contributed by atoms with Crippen LogP contribution < -0.4 is 4.90 Å². The number of rotatable bonds is 6. The van der Waals surface area contributed by atoms with Gasteiger partial charge in [-0.2, -0.15) is 0 Å². The maximum Gasteiger partial charge on any atom is 0.258 e. The van der Waals surface area contributed by atoms with Crippen LogP contribution in [0.4, 0.5) is 10.1 Å². The van der Waals surface area contributed by atoms with Gasteiger partial charge < -0.3 is 4.90 Å². The number of likely N-dealkylation sites (tertiary alicyclic amines) is 1. The monoisotopic (exact) mass is 617 g/mol. The van der Waals surface area contributed by atoms with Gasteiger partial charge in [0.05, 0.1) is 0 Å². The van der Waals surface area contributed by atoms with E-state index in [9.17, 15) is 9.18 Å². The number of aromatic nitrogens is 1. The zero-order valence-electron chi connectivity index (χ0n) is 23.2. The Morgan fingerprint density at radius 1 is 1.00 bits per heavy atom. The molecule has 4 aromatic rings. The van der Waals surface area contributed by atoms with Crippen molar-refractivity contribution >= 4 is 52.6 Å². The molecule has 1 saturated heterocycles. The molecule has 6 rings (SSSR count). The molecule has 2 aliphatic heterocycles. The number of pyridine rings is 1. The number of piperidine rings is 1. The highest BCUT2D eigenvalue weighted by Crippen LogP contribution is 2.49. The number of benzene rings is 3. The lowest BCUT2D eigenvalue weighted by atomic mass is 9.74. The Bertz CT molecular complexity index is 1650. The van der Waals surface area contributed by atoms with Crippen molar-refractivity contribution in [2.75, 3.05) is 31.1 Å². The van der Waals surface area contributed by atoms with E-state index in [1.807, 2.05) is 36.1 Å². The highest BCUT2D eigenvalue weighted by molar-refractivity contribution is 7.99. The smallest absolute Gasteiger partial charge is 0.258 e. The van der Waals surface area contributed by atoms with E-state index in [1.54, 1.807) is 42.2 Å². The standard InChI is InChI=1S/C34H30Cl2FN3OS/c1-23-19-25(12-15-38-23)33(41)40-22-34(30-21-29(10-11-32(30)40)42-28-8-6-27(37)7-9-28)13-17-39(18-14-34)16-2-3-24-4-5-26(35)20-31(24)36/h2-12,15,19-21H,13-14,16-18,22H2,1H3/b3-2+. The summed E-state index contributed by atoms with van der Waals surface area (Å²) in [5.74, 6) is -0.242. The fourth-order valence-electron chi connectivity index (χ4n) is 5.92. The molecule has 1 amide bonds. The van der Waals surface area contributed by atoms with Crippen LogP contribution in [0, 0.1) is 12.7 Å². The molecule has 0 unspecified atom stereocenters. The molecule has 0 radical (unpaired) electrons. The van der Waals surface area contributed by atoms with E-state index >= 15 is 0 Å². The normalized spacial score (nSPS) is 16.3. The van der Waals surface area contributed by atoms with Crippen molar-refractivity contribution in [3.05, 3.63) is 123 Å². The molecule has 3 heterocycles. The second kappa shape index (κ2) is 12.2. The molecule has 1 aromatic heterocycles. The number of hydrogen-bond acceptors (Lipinski definition) is 4. The van der Waals surface area contributed by atoms with E-state index in [0.29, 0.717) is 22.2 Å². The largest absolute Gasteiger partial charge is 0.307 e. The van der Waals surface area contributed by atoms with Crippen LogP contribution in [0.2, 0.25) is 10.0 Å². The Morgan fingerprint density at radius 3 is 2.50 bits per heavy atom. The number of anilines is 1. The maximum absolute atomic E-state index is 13.8. The van der Waals surface area contributed by atoms with Crippen molar-refractivity contribution < 1.29 is 9.18 Å². The van der Waals surface area contributed by atoms with Crippen LogP contribution in [-0.2, 0) is 5.41 Å². The first-order chi connectivity index (χ1) is 20.3. The van der Waals surface area contributed by atoms with Crippen molar-refractivity contribution in [2.24, 2.45) is 0 Å². The molecule has 0 atom stereocenters. The molecule has 3 aromatic carbocycles. The predicted octanol–water partition coefficient (Wildman–Crippen LogP) is 8.69. The third kappa shape index (κ3) is 6.13. The Hall–Kier alpha value is -3.16. The van der Waals surface area contributed by atoms with Crippen LogP contribution in [0.1, 0.15) is 40.0 Å². The number of halogens is 3. The van der Waals surface area contributed by atoms with Crippen LogP contribution >= 0.6 is 35.0 Å². The van der Waals surface area contributed by atoms with Gasteiger partial charge in [0, 0.05) is 61.5 Å². The average molecular weight is 619 g/mol. The number of amides is 1. The fraction of sp³-hybridized carbons (Fsp3) is 0.235. The van der Waals surface area contributed by atoms with Gasteiger partial charge in [-0.15, -0.1) is 0 Å². The Morgan fingerprint density at radius 2 is 1.76 bits per heavy atom. The quantitative estimate of drug-likeness (QED) is 0.217. The van der Waals surface area contributed by atoms with Gasteiger partial charge in [-0.25, -0.2) is 4.39 Å². The van der Waals surface area contributed by atoms with Crippen LogP contribution in [-0.4, -0.2) is 42.0 Å². The van der Waals surface area contributed by atoms with Gasteiger partial charge in [-0.05, 0) is 111 Å². The number of hydrogen-bond donors (Lipinski definition) is 0. The molecule has 4 nitrogen and oxygen atoms in total. The molecule has 1 spiro atoms. The summed E-state index contributed by atoms with van der Waals surface area (Å²) < 4.78 is 13.5. The molecular weight excluding hydrogens is 588 g/mol. The number of nitrogens with zero attached hydrogens (tertiary/aromatic N) is 3. The van der Waals surface area contributed by atoms with Gasteiger partial charge in [-0.1, -0.05) is 53.2 Å². The molecule has 0 saturated carbocycles. The van der Waals surface area contributed by atoms with Crippen LogP contribution in [0.25, 0.3) is 6.08 Å². The third-order valence-corrected chi connectivity index (χ3v) is 9.73. The van der Waals surface area contributed by atoms with Gasteiger partial charge in [0.2, 0.25) is 0 Å². The third-order valence-electron chi connectivity index (χ3n) is 8.17. The molecule has 8 heteroatoms. The minimum atomic E-state index is -0.245. The predicted molar refractivity (Wildman–Crippen MR) is 170 cm³/mol. The zero-order valence-corrected chi connectivity index (χ0v) is 25.5. The molecular formula is C34H30Cl2FN3OS. The molecule has 0 aliphatic carbocycles. The number of carbonyl (C=O) groups is 1. The lowest BCUT2D eigenvalue weighted by Crippen LogP contribution is -2.46. The summed E-state index contributed by atoms with van der Waals surface area (Å²) in [6.45, 7) is 5.21. The van der Waals surface area contributed by atoms with Crippen LogP contribution in [0.3, 0.4) is 0 Å². The van der Waals surface area contributed by atoms with Crippen LogP contribution in [0.15, 0.2) is 94.9 Å². The first-order valence-electron chi connectivity index (χ1n) is 14.0. The molecule has 1 fully saturated rings. The number of carbonyl (C=O) groups excluding carboxylic acids is 1. The minimum absolute atomic E-state index is 0.00256. The van der Waals surface area contributed by atoms with Crippen molar-refractivity contribution in [1.82, 2.24) is 9.88 Å². The summed E-state index contributed by atoms with van der Waals surface area (Å²) >= 11 is 14.0. The van der Waals surface area contributed by atoms with E-state index in [4.69, 9.17) is 23.2 Å². The molecule has 214 valence electrons. The highest BCUT2D eigenvalue weighted by atomic mass is 35.5. The molecule has 0 bridgehead atoms. The Kier molecular flexibility index (Phi) is 8.42. The van der Waals surface area contributed by atoms with Crippen molar-refractivity contribution in [3.8, 4) is 0 Å². The van der Waals surface area contributed by atoms with Crippen LogP contribution in [0.5, 0.6) is 0 Å². The van der Waals surface area contributed by atoms with Gasteiger partial charge in [0.25, 0.3) is 5.91 Å². The Labute approximate surface area is 260 Å². The molecule has 0 N–H and O–H groups in total. The zero-order chi connectivity index (χ0) is 29.3. The highest BCUT2D eigenvalue weighted by Gasteiger charge is 2.46. The van der Waals surface area contributed by atoms with Crippen molar-refractivity contribution in [3.63, 3.8) is 0 Å². The van der Waals surface area contributed by atoms with Crippen molar-refractivity contribution in [1.29, 1.82) is 0 Å². The lowest BCUT2D eigenvalue weighted by Gasteiger charge is -2.39. The molecule has 42 heavy (non-hydrogen) atoms. The Balaban J connectivity index is 1.24. The van der Waals surface area contributed by atoms with E-state index in [0.717, 1.165) is 59.2 Å². The fourth-order valence-corrected chi connectivity index (χ4v) is 7.25.